The van der Waals surface area contributed by atoms with Crippen LogP contribution in [0.4, 0.5) is 0 Å². The van der Waals surface area contributed by atoms with Gasteiger partial charge in [-0.1, -0.05) is 15.9 Å². The number of halogens is 1. The predicted molar refractivity (Wildman–Crippen MR) is 49.7 cm³/mol. The molecule has 1 aromatic carbocycles. The lowest BCUT2D eigenvalue weighted by Crippen LogP contribution is -2.10. The summed E-state index contributed by atoms with van der Waals surface area (Å²) < 4.78 is 0.949. The van der Waals surface area contributed by atoms with E-state index in [1.165, 1.54) is 0 Å². The first-order valence-electron chi connectivity index (χ1n) is 3.47. The molecule has 0 aliphatic carbocycles. The van der Waals surface area contributed by atoms with Gasteiger partial charge >= 0.3 is 0 Å². The van der Waals surface area contributed by atoms with Crippen LogP contribution >= 0.6 is 15.9 Å². The van der Waals surface area contributed by atoms with Crippen LogP contribution in [0.15, 0.2) is 22.7 Å². The first-order chi connectivity index (χ1) is 5.74. The number of aromatic hydroxyl groups is 1. The second-order valence-corrected chi connectivity index (χ2v) is 3.16. The molecule has 0 aliphatic heterocycles. The van der Waals surface area contributed by atoms with E-state index in [1.807, 2.05) is 0 Å². The Morgan fingerprint density at radius 2 is 2.33 bits per heavy atom. The van der Waals surface area contributed by atoms with Gasteiger partial charge in [0.25, 0.3) is 0 Å². The number of hydroxylamine groups is 1. The quantitative estimate of drug-likeness (QED) is 0.781. The summed E-state index contributed by atoms with van der Waals surface area (Å²) in [6.45, 7) is 0.561. The van der Waals surface area contributed by atoms with Crippen LogP contribution in [-0.2, 0) is 11.4 Å². The van der Waals surface area contributed by atoms with Crippen molar-refractivity contribution in [3.63, 3.8) is 0 Å². The molecule has 0 amide bonds. The molecule has 2 N–H and O–H groups in total. The summed E-state index contributed by atoms with van der Waals surface area (Å²) in [7, 11) is 1.55. The summed E-state index contributed by atoms with van der Waals surface area (Å²) in [5.41, 5.74) is 3.65. The van der Waals surface area contributed by atoms with Crippen molar-refractivity contribution in [1.82, 2.24) is 5.48 Å². The van der Waals surface area contributed by atoms with Crippen LogP contribution in [0.1, 0.15) is 5.56 Å². The van der Waals surface area contributed by atoms with Gasteiger partial charge in [-0.25, -0.2) is 0 Å². The number of nitrogens with one attached hydrogen (secondary N) is 1. The van der Waals surface area contributed by atoms with Gasteiger partial charge in [-0.2, -0.15) is 5.48 Å². The molecule has 0 bridgehead atoms. The lowest BCUT2D eigenvalue weighted by atomic mass is 10.2. The summed E-state index contributed by atoms with van der Waals surface area (Å²) in [5.74, 6) is 0.256. The highest BCUT2D eigenvalue weighted by Gasteiger charge is 1.99. The lowest BCUT2D eigenvalue weighted by Gasteiger charge is -2.04. The summed E-state index contributed by atoms with van der Waals surface area (Å²) >= 11 is 3.35. The van der Waals surface area contributed by atoms with Gasteiger partial charge in [-0.3, -0.25) is 0 Å². The zero-order chi connectivity index (χ0) is 8.97. The van der Waals surface area contributed by atoms with Gasteiger partial charge in [0.05, 0.1) is 7.11 Å². The zero-order valence-corrected chi connectivity index (χ0v) is 8.26. The van der Waals surface area contributed by atoms with E-state index in [2.05, 4.69) is 26.2 Å². The standard InChI is InChI=1S/C8H10BrNO2/c1-12-10-5-6-4-7(11)2-3-8(6)9/h2-4,10-11H,5H2,1H3. The fourth-order valence-corrected chi connectivity index (χ4v) is 1.23. The van der Waals surface area contributed by atoms with E-state index < -0.39 is 0 Å². The molecule has 0 aliphatic rings. The Labute approximate surface area is 79.4 Å². The molecule has 12 heavy (non-hydrogen) atoms. The Morgan fingerprint density at radius 3 is 3.00 bits per heavy atom. The van der Waals surface area contributed by atoms with Crippen molar-refractivity contribution in [3.05, 3.63) is 28.2 Å². The highest BCUT2D eigenvalue weighted by Crippen LogP contribution is 2.21. The van der Waals surface area contributed by atoms with E-state index in [4.69, 9.17) is 5.11 Å². The average molecular weight is 232 g/mol. The molecule has 0 unspecified atom stereocenters. The molecule has 66 valence electrons. The van der Waals surface area contributed by atoms with Gasteiger partial charge in [-0.05, 0) is 23.8 Å². The van der Waals surface area contributed by atoms with Crippen molar-refractivity contribution in [2.45, 2.75) is 6.54 Å². The highest BCUT2D eigenvalue weighted by molar-refractivity contribution is 9.10. The minimum absolute atomic E-state index is 0.256. The van der Waals surface area contributed by atoms with E-state index >= 15 is 0 Å². The maximum absolute atomic E-state index is 9.15. The predicted octanol–water partition coefficient (Wildman–Crippen LogP) is 1.81. The van der Waals surface area contributed by atoms with E-state index in [0.717, 1.165) is 10.0 Å². The molecule has 0 spiro atoms. The Balaban J connectivity index is 2.75. The lowest BCUT2D eigenvalue weighted by molar-refractivity contribution is 0.0865. The molecule has 0 radical (unpaired) electrons. The molecule has 0 aromatic heterocycles. The molecule has 0 fully saturated rings. The summed E-state index contributed by atoms with van der Waals surface area (Å²) in [6, 6.07) is 5.10. The van der Waals surface area contributed by atoms with Crippen LogP contribution in [0.25, 0.3) is 0 Å². The summed E-state index contributed by atoms with van der Waals surface area (Å²) in [5, 5.41) is 9.15. The average Bonchev–Trinajstić information content (AvgIpc) is 2.07. The van der Waals surface area contributed by atoms with Gasteiger partial charge in [0, 0.05) is 11.0 Å². The number of phenols is 1. The van der Waals surface area contributed by atoms with Gasteiger partial charge in [0.2, 0.25) is 0 Å². The zero-order valence-electron chi connectivity index (χ0n) is 6.67. The second-order valence-electron chi connectivity index (χ2n) is 2.30. The third kappa shape index (κ3) is 2.48. The first-order valence-corrected chi connectivity index (χ1v) is 4.26. The molecule has 3 nitrogen and oxygen atoms in total. The van der Waals surface area contributed by atoms with Crippen LogP contribution in [-0.4, -0.2) is 12.2 Å². The smallest absolute Gasteiger partial charge is 0.115 e. The molecule has 0 saturated carbocycles. The monoisotopic (exact) mass is 231 g/mol. The minimum Gasteiger partial charge on any atom is -0.508 e. The molecule has 0 saturated heterocycles. The van der Waals surface area contributed by atoms with Crippen molar-refractivity contribution < 1.29 is 9.94 Å². The minimum atomic E-state index is 0.256. The fourth-order valence-electron chi connectivity index (χ4n) is 0.847. The molecule has 1 rings (SSSR count). The molecule has 4 heteroatoms. The van der Waals surface area contributed by atoms with Crippen molar-refractivity contribution in [1.29, 1.82) is 0 Å². The van der Waals surface area contributed by atoms with Gasteiger partial charge in [-0.15, -0.1) is 0 Å². The third-order valence-electron chi connectivity index (χ3n) is 1.44. The van der Waals surface area contributed by atoms with Crippen molar-refractivity contribution in [2.24, 2.45) is 0 Å². The number of hydrogen-bond acceptors (Lipinski definition) is 3. The maximum atomic E-state index is 9.15. The molecular formula is C8H10BrNO2. The maximum Gasteiger partial charge on any atom is 0.115 e. The largest absolute Gasteiger partial charge is 0.508 e. The van der Waals surface area contributed by atoms with Gasteiger partial charge < -0.3 is 9.94 Å². The number of phenolic OH excluding ortho intramolecular Hbond substituents is 1. The van der Waals surface area contributed by atoms with E-state index in [9.17, 15) is 0 Å². The highest BCUT2D eigenvalue weighted by atomic mass is 79.9. The SMILES string of the molecule is CONCc1cc(O)ccc1Br. The Hall–Kier alpha value is -0.580. The van der Waals surface area contributed by atoms with Crippen molar-refractivity contribution in [2.75, 3.05) is 7.11 Å². The number of rotatable bonds is 3. The van der Waals surface area contributed by atoms with Crippen molar-refractivity contribution in [3.8, 4) is 5.75 Å². The van der Waals surface area contributed by atoms with Gasteiger partial charge in [0.1, 0.15) is 5.75 Å². The number of hydrogen-bond donors (Lipinski definition) is 2. The Kier molecular flexibility index (Phi) is 3.52. The molecule has 0 atom stereocenters. The van der Waals surface area contributed by atoms with Gasteiger partial charge in [0.15, 0.2) is 0 Å². The first kappa shape index (κ1) is 9.51. The summed E-state index contributed by atoms with van der Waals surface area (Å²) in [6.07, 6.45) is 0. The van der Waals surface area contributed by atoms with E-state index in [1.54, 1.807) is 25.3 Å². The number of benzene rings is 1. The van der Waals surface area contributed by atoms with E-state index in [0.29, 0.717) is 6.54 Å². The Morgan fingerprint density at radius 1 is 1.58 bits per heavy atom. The molecule has 1 aromatic rings. The van der Waals surface area contributed by atoms with Crippen molar-refractivity contribution >= 4 is 15.9 Å². The van der Waals surface area contributed by atoms with E-state index in [-0.39, 0.29) is 5.75 Å². The fraction of sp³-hybridized carbons (Fsp3) is 0.250. The second kappa shape index (κ2) is 4.45. The third-order valence-corrected chi connectivity index (χ3v) is 2.21. The Bertz CT molecular complexity index is 265. The molecule has 0 heterocycles. The summed E-state index contributed by atoms with van der Waals surface area (Å²) in [4.78, 5) is 4.69. The van der Waals surface area contributed by atoms with Crippen LogP contribution < -0.4 is 5.48 Å². The van der Waals surface area contributed by atoms with Crippen LogP contribution in [0.3, 0.4) is 0 Å². The van der Waals surface area contributed by atoms with Crippen LogP contribution in [0.5, 0.6) is 5.75 Å². The normalized spacial score (nSPS) is 10.2. The van der Waals surface area contributed by atoms with Crippen LogP contribution in [0.2, 0.25) is 0 Å². The topological polar surface area (TPSA) is 41.5 Å². The molecular weight excluding hydrogens is 222 g/mol. The van der Waals surface area contributed by atoms with Crippen LogP contribution in [0, 0.1) is 0 Å².